The predicted octanol–water partition coefficient (Wildman–Crippen LogP) is 4.23. The van der Waals surface area contributed by atoms with Crippen LogP contribution in [0.5, 0.6) is 0 Å². The third-order valence-electron chi connectivity index (χ3n) is 3.87. The van der Waals surface area contributed by atoms with E-state index in [1.807, 2.05) is 26.8 Å². The molecule has 0 aliphatic heterocycles. The van der Waals surface area contributed by atoms with Gasteiger partial charge in [-0.2, -0.15) is 0 Å². The van der Waals surface area contributed by atoms with Crippen LogP contribution < -0.4 is 10.0 Å². The summed E-state index contributed by atoms with van der Waals surface area (Å²) in [6.45, 7) is 6.32. The van der Waals surface area contributed by atoms with E-state index in [9.17, 15) is 13.2 Å². The molecule has 2 N–H and O–H groups in total. The number of halogens is 1. The maximum Gasteiger partial charge on any atom is 0.255 e. The highest BCUT2D eigenvalue weighted by atomic mass is 35.5. The van der Waals surface area contributed by atoms with Gasteiger partial charge in [0.15, 0.2) is 0 Å². The van der Waals surface area contributed by atoms with Crippen LogP contribution in [0.25, 0.3) is 0 Å². The number of nitrogens with one attached hydrogen (secondary N) is 2. The van der Waals surface area contributed by atoms with Crippen molar-refractivity contribution in [3.8, 4) is 0 Å². The Morgan fingerprint density at radius 2 is 1.77 bits per heavy atom. The number of hydrogen-bond acceptors (Lipinski definition) is 3. The molecule has 0 unspecified atom stereocenters. The fourth-order valence-corrected chi connectivity index (χ4v) is 3.45. The van der Waals surface area contributed by atoms with E-state index in [2.05, 4.69) is 10.0 Å². The molecule has 140 valence electrons. The van der Waals surface area contributed by atoms with Crippen LogP contribution >= 0.6 is 11.6 Å². The summed E-state index contributed by atoms with van der Waals surface area (Å²) in [5.41, 5.74) is 1.87. The van der Waals surface area contributed by atoms with E-state index in [0.717, 1.165) is 12.0 Å². The molecule has 0 bridgehead atoms. The lowest BCUT2D eigenvalue weighted by atomic mass is 10.1. The highest BCUT2D eigenvalue weighted by molar-refractivity contribution is 7.89. The molecule has 0 fully saturated rings. The Morgan fingerprint density at radius 3 is 2.35 bits per heavy atom. The Kier molecular flexibility index (Phi) is 6.81. The van der Waals surface area contributed by atoms with Crippen molar-refractivity contribution in [1.29, 1.82) is 0 Å². The zero-order valence-corrected chi connectivity index (χ0v) is 16.6. The van der Waals surface area contributed by atoms with Crippen molar-refractivity contribution in [2.45, 2.75) is 32.1 Å². The van der Waals surface area contributed by atoms with Gasteiger partial charge in [-0.25, -0.2) is 13.1 Å². The summed E-state index contributed by atoms with van der Waals surface area (Å²) in [4.78, 5) is 12.4. The highest BCUT2D eigenvalue weighted by Crippen LogP contribution is 2.20. The molecular formula is C19H23ClN2O3S. The Morgan fingerprint density at radius 1 is 1.12 bits per heavy atom. The molecule has 26 heavy (non-hydrogen) atoms. The number of carbonyl (C=O) groups excluding carboxylic acids is 1. The zero-order valence-electron chi connectivity index (χ0n) is 15.0. The van der Waals surface area contributed by atoms with Gasteiger partial charge in [-0.05, 0) is 61.2 Å². The van der Waals surface area contributed by atoms with E-state index in [0.29, 0.717) is 28.7 Å². The van der Waals surface area contributed by atoms with Crippen LogP contribution in [0.2, 0.25) is 5.02 Å². The molecule has 1 amide bonds. The van der Waals surface area contributed by atoms with Crippen molar-refractivity contribution in [1.82, 2.24) is 4.72 Å². The van der Waals surface area contributed by atoms with Crippen molar-refractivity contribution in [2.75, 3.05) is 11.9 Å². The van der Waals surface area contributed by atoms with E-state index < -0.39 is 10.0 Å². The number of benzene rings is 2. The van der Waals surface area contributed by atoms with Crippen LogP contribution in [0.15, 0.2) is 47.4 Å². The first-order valence-electron chi connectivity index (χ1n) is 8.36. The van der Waals surface area contributed by atoms with Gasteiger partial charge >= 0.3 is 0 Å². The third-order valence-corrected chi connectivity index (χ3v) is 5.75. The van der Waals surface area contributed by atoms with Gasteiger partial charge < -0.3 is 5.32 Å². The Balaban J connectivity index is 2.05. The number of hydrogen-bond donors (Lipinski definition) is 2. The lowest BCUT2D eigenvalue weighted by Crippen LogP contribution is -2.25. The monoisotopic (exact) mass is 394 g/mol. The second kappa shape index (κ2) is 8.66. The van der Waals surface area contributed by atoms with Crippen LogP contribution in [0.1, 0.15) is 36.2 Å². The SMILES string of the molecule is Cc1ccc(NC(=O)c2ccc(S(=O)(=O)NCCC(C)C)cc2)cc1Cl. The summed E-state index contributed by atoms with van der Waals surface area (Å²) in [6, 6.07) is 11.1. The minimum Gasteiger partial charge on any atom is -0.322 e. The molecule has 0 saturated heterocycles. The Bertz CT molecular complexity index is 878. The second-order valence-electron chi connectivity index (χ2n) is 6.52. The van der Waals surface area contributed by atoms with Crippen molar-refractivity contribution in [3.63, 3.8) is 0 Å². The largest absolute Gasteiger partial charge is 0.322 e. The Hall–Kier alpha value is -1.89. The molecule has 2 aromatic rings. The minimum absolute atomic E-state index is 0.135. The van der Waals surface area contributed by atoms with Gasteiger partial charge in [0.05, 0.1) is 4.90 Å². The van der Waals surface area contributed by atoms with Gasteiger partial charge in [-0.3, -0.25) is 4.79 Å². The summed E-state index contributed by atoms with van der Waals surface area (Å²) in [5.74, 6) is 0.0840. The molecule has 0 aliphatic carbocycles. The highest BCUT2D eigenvalue weighted by Gasteiger charge is 2.15. The van der Waals surface area contributed by atoms with Gasteiger partial charge in [-0.1, -0.05) is 31.5 Å². The molecule has 0 aromatic heterocycles. The number of anilines is 1. The van der Waals surface area contributed by atoms with E-state index in [4.69, 9.17) is 11.6 Å². The molecule has 0 spiro atoms. The molecular weight excluding hydrogens is 372 g/mol. The topological polar surface area (TPSA) is 75.3 Å². The number of rotatable bonds is 7. The van der Waals surface area contributed by atoms with Crippen LogP contribution in [-0.2, 0) is 10.0 Å². The molecule has 2 aromatic carbocycles. The van der Waals surface area contributed by atoms with E-state index in [1.165, 1.54) is 24.3 Å². The van der Waals surface area contributed by atoms with E-state index in [-0.39, 0.29) is 10.8 Å². The van der Waals surface area contributed by atoms with Crippen molar-refractivity contribution < 1.29 is 13.2 Å². The summed E-state index contributed by atoms with van der Waals surface area (Å²) in [5, 5.41) is 3.31. The van der Waals surface area contributed by atoms with Crippen LogP contribution in [0.4, 0.5) is 5.69 Å². The average Bonchev–Trinajstić information content (AvgIpc) is 2.58. The van der Waals surface area contributed by atoms with Crippen LogP contribution in [0, 0.1) is 12.8 Å². The predicted molar refractivity (Wildman–Crippen MR) is 105 cm³/mol. The van der Waals surface area contributed by atoms with Gasteiger partial charge in [0.1, 0.15) is 0 Å². The summed E-state index contributed by atoms with van der Waals surface area (Å²) >= 11 is 6.05. The molecule has 0 atom stereocenters. The lowest BCUT2D eigenvalue weighted by molar-refractivity contribution is 0.102. The van der Waals surface area contributed by atoms with Gasteiger partial charge in [-0.15, -0.1) is 0 Å². The third kappa shape index (κ3) is 5.56. The summed E-state index contributed by atoms with van der Waals surface area (Å²) < 4.78 is 27.0. The van der Waals surface area contributed by atoms with Gasteiger partial charge in [0.25, 0.3) is 5.91 Å². The van der Waals surface area contributed by atoms with Crippen LogP contribution in [-0.4, -0.2) is 20.9 Å². The summed E-state index contributed by atoms with van der Waals surface area (Å²) in [7, 11) is -3.57. The van der Waals surface area contributed by atoms with E-state index >= 15 is 0 Å². The maximum absolute atomic E-state index is 12.3. The average molecular weight is 395 g/mol. The Labute approximate surface area is 159 Å². The molecule has 7 heteroatoms. The first-order valence-corrected chi connectivity index (χ1v) is 10.2. The second-order valence-corrected chi connectivity index (χ2v) is 8.70. The minimum atomic E-state index is -3.57. The van der Waals surface area contributed by atoms with Crippen molar-refractivity contribution in [2.24, 2.45) is 5.92 Å². The van der Waals surface area contributed by atoms with Crippen LogP contribution in [0.3, 0.4) is 0 Å². The fourth-order valence-electron chi connectivity index (χ4n) is 2.22. The first kappa shape index (κ1) is 20.4. The quantitative estimate of drug-likeness (QED) is 0.738. The standard InChI is InChI=1S/C19H23ClN2O3S/c1-13(2)10-11-21-26(24,25)17-8-5-15(6-9-17)19(23)22-16-7-4-14(3)18(20)12-16/h4-9,12-13,21H,10-11H2,1-3H3,(H,22,23). The van der Waals surface area contributed by atoms with Gasteiger partial charge in [0.2, 0.25) is 10.0 Å². The van der Waals surface area contributed by atoms with E-state index in [1.54, 1.807) is 12.1 Å². The number of carbonyl (C=O) groups is 1. The molecule has 0 heterocycles. The number of aryl methyl sites for hydroxylation is 1. The van der Waals surface area contributed by atoms with Crippen molar-refractivity contribution >= 4 is 33.2 Å². The van der Waals surface area contributed by atoms with Gasteiger partial charge in [0, 0.05) is 22.8 Å². The summed E-state index contributed by atoms with van der Waals surface area (Å²) in [6.07, 6.45) is 0.763. The molecule has 0 saturated carbocycles. The number of amides is 1. The lowest BCUT2D eigenvalue weighted by Gasteiger charge is -2.10. The molecule has 0 radical (unpaired) electrons. The smallest absolute Gasteiger partial charge is 0.255 e. The fraction of sp³-hybridized carbons (Fsp3) is 0.316. The van der Waals surface area contributed by atoms with Crippen molar-refractivity contribution in [3.05, 3.63) is 58.6 Å². The number of sulfonamides is 1. The molecule has 0 aliphatic rings. The maximum atomic E-state index is 12.3. The molecule has 5 nitrogen and oxygen atoms in total. The normalized spacial score (nSPS) is 11.6. The first-order chi connectivity index (χ1) is 12.2. The zero-order chi connectivity index (χ0) is 19.3. The molecule has 2 rings (SSSR count).